The monoisotopic (exact) mass is 350 g/mol. The van der Waals surface area contributed by atoms with Crippen LogP contribution in [0.2, 0.25) is 0 Å². The van der Waals surface area contributed by atoms with Gasteiger partial charge in [0.25, 0.3) is 0 Å². The lowest BCUT2D eigenvalue weighted by Crippen LogP contribution is -2.64. The smallest absolute Gasteiger partial charge is 0.365 e. The predicted molar refractivity (Wildman–Crippen MR) is 104 cm³/mol. The Morgan fingerprint density at radius 2 is 1.04 bits per heavy atom. The summed E-state index contributed by atoms with van der Waals surface area (Å²) in [5, 5.41) is 0.966. The van der Waals surface area contributed by atoms with Crippen LogP contribution in [0.1, 0.15) is 67.9 Å². The van der Waals surface area contributed by atoms with Crippen LogP contribution in [-0.2, 0) is 13.3 Å². The van der Waals surface area contributed by atoms with Gasteiger partial charge in [0, 0.05) is 5.19 Å². The lowest BCUT2D eigenvalue weighted by molar-refractivity contribution is -0.0655. The molecule has 0 unspecified atom stereocenters. The lowest BCUT2D eigenvalue weighted by atomic mass is 10.2. The zero-order valence-corrected chi connectivity index (χ0v) is 17.8. The van der Waals surface area contributed by atoms with Crippen molar-refractivity contribution in [3.8, 4) is 0 Å². The van der Waals surface area contributed by atoms with Crippen LogP contribution in [0.3, 0.4) is 0 Å². The Kier molecular flexibility index (Phi) is 6.26. The van der Waals surface area contributed by atoms with Gasteiger partial charge in [-0.05, 0) is 67.9 Å². The first kappa shape index (κ1) is 21.1. The number of hydrogen-bond donors (Lipinski definition) is 0. The molecular weight excluding hydrogens is 316 g/mol. The van der Waals surface area contributed by atoms with Crippen LogP contribution in [0.25, 0.3) is 6.08 Å². The molecule has 1 aromatic rings. The third-order valence-corrected chi connectivity index (χ3v) is 6.51. The van der Waals surface area contributed by atoms with Crippen LogP contribution < -0.4 is 5.19 Å². The Labute approximate surface area is 149 Å². The van der Waals surface area contributed by atoms with Gasteiger partial charge in [-0.2, -0.15) is 0 Å². The van der Waals surface area contributed by atoms with E-state index in [4.69, 9.17) is 13.3 Å². The van der Waals surface area contributed by atoms with E-state index in [1.54, 1.807) is 0 Å². The molecule has 3 nitrogen and oxygen atoms in total. The van der Waals surface area contributed by atoms with Crippen molar-refractivity contribution in [2.45, 2.75) is 79.1 Å². The minimum absolute atomic E-state index is 0.389. The van der Waals surface area contributed by atoms with Crippen molar-refractivity contribution in [2.75, 3.05) is 0 Å². The number of benzene rings is 1. The third kappa shape index (κ3) is 6.89. The largest absolute Gasteiger partial charge is 0.538 e. The van der Waals surface area contributed by atoms with Crippen LogP contribution in [0.15, 0.2) is 30.8 Å². The highest BCUT2D eigenvalue weighted by Crippen LogP contribution is 2.28. The second-order valence-corrected chi connectivity index (χ2v) is 11.3. The van der Waals surface area contributed by atoms with Gasteiger partial charge in [0.1, 0.15) is 0 Å². The molecule has 0 saturated carbocycles. The average molecular weight is 351 g/mol. The summed E-state index contributed by atoms with van der Waals surface area (Å²) in [5.74, 6) is 0. The predicted octanol–water partition coefficient (Wildman–Crippen LogP) is 4.92. The van der Waals surface area contributed by atoms with Crippen molar-refractivity contribution < 1.29 is 13.3 Å². The van der Waals surface area contributed by atoms with Gasteiger partial charge in [-0.15, -0.1) is 0 Å². The molecule has 24 heavy (non-hydrogen) atoms. The summed E-state index contributed by atoms with van der Waals surface area (Å²) in [5.41, 5.74) is -0.108. The number of hydrogen-bond acceptors (Lipinski definition) is 3. The second-order valence-electron chi connectivity index (χ2n) is 9.03. The fraction of sp³-hybridized carbons (Fsp3) is 0.600. The molecule has 1 rings (SSSR count). The van der Waals surface area contributed by atoms with Gasteiger partial charge in [-0.25, -0.2) is 0 Å². The lowest BCUT2D eigenvalue weighted by Gasteiger charge is -2.43. The fourth-order valence-corrected chi connectivity index (χ4v) is 5.74. The standard InChI is InChI=1S/C20H34O3Si/c1-11-16-12-14-17(15-13-16)24(21-18(2,3)4,22-19(5,6)7)23-20(8,9)10/h11-15H,1H2,2-10H3. The minimum atomic E-state index is -3.15. The second kappa shape index (κ2) is 7.12. The molecule has 0 bridgehead atoms. The van der Waals surface area contributed by atoms with Crippen LogP contribution in [0, 0.1) is 0 Å². The van der Waals surface area contributed by atoms with E-state index in [0.29, 0.717) is 0 Å². The zero-order chi connectivity index (χ0) is 18.8. The van der Waals surface area contributed by atoms with E-state index < -0.39 is 8.80 Å². The van der Waals surface area contributed by atoms with Gasteiger partial charge in [0.15, 0.2) is 0 Å². The summed E-state index contributed by atoms with van der Waals surface area (Å²) in [6.07, 6.45) is 1.83. The molecule has 0 spiro atoms. The molecule has 0 aliphatic carbocycles. The van der Waals surface area contributed by atoms with Crippen LogP contribution in [-0.4, -0.2) is 25.6 Å². The highest BCUT2D eigenvalue weighted by molar-refractivity contribution is 6.75. The molecule has 1 aromatic carbocycles. The van der Waals surface area contributed by atoms with Crippen molar-refractivity contribution in [2.24, 2.45) is 0 Å². The van der Waals surface area contributed by atoms with Crippen molar-refractivity contribution in [1.29, 1.82) is 0 Å². The molecular formula is C20H34O3Si. The van der Waals surface area contributed by atoms with Gasteiger partial charge in [0.2, 0.25) is 0 Å². The van der Waals surface area contributed by atoms with Crippen LogP contribution in [0.5, 0.6) is 0 Å². The maximum atomic E-state index is 6.51. The Bertz CT molecular complexity index is 501. The Morgan fingerprint density at radius 3 is 1.29 bits per heavy atom. The first-order valence-corrected chi connectivity index (χ1v) is 10.2. The van der Waals surface area contributed by atoms with Gasteiger partial charge < -0.3 is 13.3 Å². The zero-order valence-electron chi connectivity index (χ0n) is 16.8. The molecule has 0 aromatic heterocycles. The molecule has 0 atom stereocenters. The van der Waals surface area contributed by atoms with E-state index in [1.807, 2.05) is 92.7 Å². The molecule has 0 heterocycles. The molecule has 0 aliphatic heterocycles. The van der Waals surface area contributed by atoms with E-state index >= 15 is 0 Å². The SMILES string of the molecule is C=Cc1ccc([Si](OC(C)(C)C)(OC(C)(C)C)OC(C)(C)C)cc1. The van der Waals surface area contributed by atoms with E-state index in [-0.39, 0.29) is 16.8 Å². The Hall–Kier alpha value is -0.943. The maximum Gasteiger partial charge on any atom is 0.538 e. The summed E-state index contributed by atoms with van der Waals surface area (Å²) in [6.45, 7) is 22.1. The molecule has 0 saturated heterocycles. The highest BCUT2D eigenvalue weighted by atomic mass is 28.4. The van der Waals surface area contributed by atoms with Crippen molar-refractivity contribution in [1.82, 2.24) is 0 Å². The van der Waals surface area contributed by atoms with E-state index in [1.165, 1.54) is 0 Å². The van der Waals surface area contributed by atoms with Crippen molar-refractivity contribution >= 4 is 20.1 Å². The fourth-order valence-electron chi connectivity index (χ4n) is 2.27. The third-order valence-electron chi connectivity index (χ3n) is 2.82. The highest BCUT2D eigenvalue weighted by Gasteiger charge is 2.52. The van der Waals surface area contributed by atoms with Gasteiger partial charge in [-0.1, -0.05) is 36.9 Å². The van der Waals surface area contributed by atoms with E-state index in [9.17, 15) is 0 Å². The van der Waals surface area contributed by atoms with E-state index in [2.05, 4.69) is 6.58 Å². The average Bonchev–Trinajstić information content (AvgIpc) is 2.32. The van der Waals surface area contributed by atoms with Crippen LogP contribution in [0.4, 0.5) is 0 Å². The van der Waals surface area contributed by atoms with Gasteiger partial charge in [0.05, 0.1) is 16.8 Å². The topological polar surface area (TPSA) is 27.7 Å². The minimum Gasteiger partial charge on any atom is -0.365 e. The summed E-state index contributed by atoms with van der Waals surface area (Å²) < 4.78 is 19.5. The normalized spacial score (nSPS) is 13.9. The molecule has 0 radical (unpaired) electrons. The summed E-state index contributed by atoms with van der Waals surface area (Å²) in [7, 11) is -3.15. The molecule has 0 fully saturated rings. The Balaban J connectivity index is 3.49. The quantitative estimate of drug-likeness (QED) is 0.705. The molecule has 136 valence electrons. The maximum absolute atomic E-state index is 6.51. The van der Waals surface area contributed by atoms with Gasteiger partial charge in [-0.3, -0.25) is 0 Å². The molecule has 0 N–H and O–H groups in total. The Morgan fingerprint density at radius 1 is 0.708 bits per heavy atom. The van der Waals surface area contributed by atoms with E-state index in [0.717, 1.165) is 10.8 Å². The van der Waals surface area contributed by atoms with Gasteiger partial charge >= 0.3 is 8.80 Å². The summed E-state index contributed by atoms with van der Waals surface area (Å²) in [4.78, 5) is 0. The first-order chi connectivity index (χ1) is 10.7. The summed E-state index contributed by atoms with van der Waals surface area (Å²) in [6, 6.07) is 8.11. The molecule has 4 heteroatoms. The molecule has 0 amide bonds. The van der Waals surface area contributed by atoms with Crippen molar-refractivity contribution in [3.63, 3.8) is 0 Å². The molecule has 0 aliphatic rings. The summed E-state index contributed by atoms with van der Waals surface area (Å²) >= 11 is 0. The first-order valence-electron chi connectivity index (χ1n) is 8.49. The van der Waals surface area contributed by atoms with Crippen molar-refractivity contribution in [3.05, 3.63) is 36.4 Å². The van der Waals surface area contributed by atoms with Crippen LogP contribution >= 0.6 is 0 Å². The number of rotatable bonds is 5.